The third kappa shape index (κ3) is 6.87. The Hall–Kier alpha value is -3.21. The van der Waals surface area contributed by atoms with E-state index in [9.17, 15) is 10.1 Å². The molecule has 0 aliphatic carbocycles. The first-order valence-electron chi connectivity index (χ1n) is 14.0. The zero-order chi connectivity index (χ0) is 27.9. The van der Waals surface area contributed by atoms with E-state index < -0.39 is 0 Å². The van der Waals surface area contributed by atoms with Crippen LogP contribution in [0.2, 0.25) is 0 Å². The van der Waals surface area contributed by atoms with E-state index in [-0.39, 0.29) is 11.9 Å². The van der Waals surface area contributed by atoms with Crippen LogP contribution in [-0.4, -0.2) is 60.0 Å². The SMILES string of the molecule is CN1CCC[C@@H]1c1cccnc1.Cc1ccc(N2CCN(C(=O)Cc3cccs3)[C@H](C)C2)c(C#N)c1C(C)C. The van der Waals surface area contributed by atoms with Crippen molar-refractivity contribution in [2.75, 3.05) is 38.1 Å². The van der Waals surface area contributed by atoms with Crippen LogP contribution in [0.3, 0.4) is 0 Å². The maximum atomic E-state index is 12.7. The van der Waals surface area contributed by atoms with Gasteiger partial charge in [0.1, 0.15) is 6.07 Å². The second kappa shape index (κ2) is 13.2. The third-order valence-corrected chi connectivity index (χ3v) is 8.79. The summed E-state index contributed by atoms with van der Waals surface area (Å²) in [4.78, 5) is 24.6. The topological polar surface area (TPSA) is 63.5 Å². The van der Waals surface area contributed by atoms with E-state index in [0.717, 1.165) is 34.8 Å². The van der Waals surface area contributed by atoms with Gasteiger partial charge in [0.2, 0.25) is 5.91 Å². The van der Waals surface area contributed by atoms with Gasteiger partial charge < -0.3 is 9.80 Å². The molecule has 2 fully saturated rings. The summed E-state index contributed by atoms with van der Waals surface area (Å²) in [5.41, 5.74) is 5.46. The summed E-state index contributed by atoms with van der Waals surface area (Å²) in [6, 6.07) is 15.5. The number of nitrogens with zero attached hydrogens (tertiary/aromatic N) is 5. The van der Waals surface area contributed by atoms with Crippen LogP contribution >= 0.6 is 11.3 Å². The highest BCUT2D eigenvalue weighted by atomic mass is 32.1. The molecule has 39 heavy (non-hydrogen) atoms. The van der Waals surface area contributed by atoms with Gasteiger partial charge >= 0.3 is 0 Å². The Labute approximate surface area is 237 Å². The van der Waals surface area contributed by atoms with Gasteiger partial charge in [-0.25, -0.2) is 0 Å². The first kappa shape index (κ1) is 28.8. The lowest BCUT2D eigenvalue weighted by Crippen LogP contribution is -2.54. The Balaban J connectivity index is 0.000000243. The second-order valence-corrected chi connectivity index (χ2v) is 12.1. The van der Waals surface area contributed by atoms with Crippen LogP contribution in [0.5, 0.6) is 0 Å². The lowest BCUT2D eigenvalue weighted by molar-refractivity contribution is -0.132. The number of carbonyl (C=O) groups excluding carboxylic acids is 1. The van der Waals surface area contributed by atoms with Crippen LogP contribution in [0, 0.1) is 18.3 Å². The Morgan fingerprint density at radius 2 is 2.00 bits per heavy atom. The van der Waals surface area contributed by atoms with Crippen LogP contribution in [0.4, 0.5) is 5.69 Å². The number of likely N-dealkylation sites (tertiary alicyclic amines) is 1. The number of benzene rings is 1. The smallest absolute Gasteiger partial charge is 0.228 e. The molecule has 0 unspecified atom stereocenters. The normalized spacial score (nSPS) is 19.5. The number of nitriles is 1. The highest BCUT2D eigenvalue weighted by Gasteiger charge is 2.29. The number of carbonyl (C=O) groups is 1. The van der Waals surface area contributed by atoms with Gasteiger partial charge in [-0.3, -0.25) is 14.7 Å². The van der Waals surface area contributed by atoms with Crippen molar-refractivity contribution in [2.24, 2.45) is 0 Å². The fraction of sp³-hybridized carbons (Fsp3) is 0.469. The van der Waals surface area contributed by atoms with E-state index in [4.69, 9.17) is 0 Å². The highest BCUT2D eigenvalue weighted by Crippen LogP contribution is 2.32. The van der Waals surface area contributed by atoms with Gasteiger partial charge in [0.05, 0.1) is 17.7 Å². The predicted molar refractivity (Wildman–Crippen MR) is 160 cm³/mol. The van der Waals surface area contributed by atoms with Crippen LogP contribution in [0.25, 0.3) is 0 Å². The molecule has 2 aromatic heterocycles. The Bertz CT molecular complexity index is 1270. The van der Waals surface area contributed by atoms with Gasteiger partial charge in [-0.2, -0.15) is 5.26 Å². The largest absolute Gasteiger partial charge is 0.367 e. The van der Waals surface area contributed by atoms with E-state index in [1.54, 1.807) is 11.3 Å². The fourth-order valence-corrected chi connectivity index (χ4v) is 6.65. The molecular formula is C32H41N5OS. The standard InChI is InChI=1S/C22H27N3OS.C10H14N2/c1-15(2)22-16(3)7-8-20(19(22)13-23)24-9-10-25(17(4)14-24)21(26)12-18-6-5-11-27-18;1-12-7-3-5-10(12)9-4-2-6-11-8-9/h5-8,11,15,17H,9-10,12,14H2,1-4H3;2,4,6,8,10H,3,5,7H2,1H3/t17-;10-/m11/s1. The van der Waals surface area contributed by atoms with Gasteiger partial charge in [-0.1, -0.05) is 32.0 Å². The summed E-state index contributed by atoms with van der Waals surface area (Å²) < 4.78 is 0. The van der Waals surface area contributed by atoms with E-state index in [1.807, 2.05) is 40.9 Å². The van der Waals surface area contributed by atoms with Crippen molar-refractivity contribution in [2.45, 2.75) is 65.0 Å². The molecule has 1 amide bonds. The van der Waals surface area contributed by atoms with Crippen molar-refractivity contribution in [3.05, 3.63) is 81.3 Å². The molecule has 2 aliphatic heterocycles. The summed E-state index contributed by atoms with van der Waals surface area (Å²) in [6.07, 6.45) is 6.89. The first-order chi connectivity index (χ1) is 18.8. The van der Waals surface area contributed by atoms with E-state index in [0.29, 0.717) is 24.9 Å². The van der Waals surface area contributed by atoms with Gasteiger partial charge in [0.15, 0.2) is 0 Å². The van der Waals surface area contributed by atoms with Crippen molar-refractivity contribution in [3.8, 4) is 6.07 Å². The maximum Gasteiger partial charge on any atom is 0.228 e. The van der Waals surface area contributed by atoms with Crippen molar-refractivity contribution in [3.63, 3.8) is 0 Å². The van der Waals surface area contributed by atoms with E-state index in [2.05, 4.69) is 73.8 Å². The lowest BCUT2D eigenvalue weighted by Gasteiger charge is -2.41. The number of hydrogen-bond acceptors (Lipinski definition) is 6. The zero-order valence-electron chi connectivity index (χ0n) is 23.9. The number of piperazine rings is 1. The van der Waals surface area contributed by atoms with E-state index in [1.165, 1.54) is 30.5 Å². The molecule has 6 nitrogen and oxygen atoms in total. The van der Waals surface area contributed by atoms with Gasteiger partial charge in [0.25, 0.3) is 0 Å². The molecule has 7 heteroatoms. The van der Waals surface area contributed by atoms with Crippen LogP contribution in [-0.2, 0) is 11.2 Å². The van der Waals surface area contributed by atoms with Gasteiger partial charge in [-0.15, -0.1) is 11.3 Å². The molecule has 2 aliphatic rings. The zero-order valence-corrected chi connectivity index (χ0v) is 24.7. The van der Waals surface area contributed by atoms with Crippen molar-refractivity contribution in [1.82, 2.24) is 14.8 Å². The summed E-state index contributed by atoms with van der Waals surface area (Å²) in [5, 5.41) is 11.8. The molecule has 1 aromatic carbocycles. The number of thiophene rings is 1. The van der Waals surface area contributed by atoms with Crippen LogP contribution in [0.15, 0.2) is 54.2 Å². The summed E-state index contributed by atoms with van der Waals surface area (Å²) in [7, 11) is 2.19. The van der Waals surface area contributed by atoms with Crippen LogP contribution in [0.1, 0.15) is 72.7 Å². The fourth-order valence-electron chi connectivity index (χ4n) is 5.95. The third-order valence-electron chi connectivity index (χ3n) is 7.91. The predicted octanol–water partition coefficient (Wildman–Crippen LogP) is 6.18. The average Bonchev–Trinajstić information content (AvgIpc) is 3.60. The minimum Gasteiger partial charge on any atom is -0.367 e. The summed E-state index contributed by atoms with van der Waals surface area (Å²) >= 11 is 1.63. The molecule has 2 saturated heterocycles. The number of pyridine rings is 1. The Kier molecular flexibility index (Phi) is 9.77. The number of hydrogen-bond donors (Lipinski definition) is 0. The Morgan fingerprint density at radius 1 is 1.18 bits per heavy atom. The molecule has 4 heterocycles. The molecule has 2 atom stereocenters. The number of aryl methyl sites for hydroxylation is 1. The maximum absolute atomic E-state index is 12.7. The Morgan fingerprint density at radius 3 is 2.59 bits per heavy atom. The summed E-state index contributed by atoms with van der Waals surface area (Å²) in [5.74, 6) is 0.502. The molecule has 0 N–H and O–H groups in total. The van der Waals surface area contributed by atoms with Crippen molar-refractivity contribution >= 4 is 22.9 Å². The molecule has 5 rings (SSSR count). The molecule has 0 bridgehead atoms. The molecule has 0 radical (unpaired) electrons. The van der Waals surface area contributed by atoms with Crippen molar-refractivity contribution in [1.29, 1.82) is 5.26 Å². The lowest BCUT2D eigenvalue weighted by atomic mass is 9.91. The van der Waals surface area contributed by atoms with Crippen molar-refractivity contribution < 1.29 is 4.79 Å². The minimum absolute atomic E-state index is 0.126. The highest BCUT2D eigenvalue weighted by molar-refractivity contribution is 7.10. The molecule has 0 spiro atoms. The van der Waals surface area contributed by atoms with Crippen LogP contribution < -0.4 is 4.90 Å². The molecule has 206 valence electrons. The first-order valence-corrected chi connectivity index (χ1v) is 14.9. The summed E-state index contributed by atoms with van der Waals surface area (Å²) in [6.45, 7) is 11.9. The minimum atomic E-state index is 0.126. The second-order valence-electron chi connectivity index (χ2n) is 11.0. The monoisotopic (exact) mass is 543 g/mol. The number of amides is 1. The van der Waals surface area contributed by atoms with Gasteiger partial charge in [-0.05, 0) is 86.5 Å². The van der Waals surface area contributed by atoms with Gasteiger partial charge in [0, 0.05) is 49.0 Å². The quantitative estimate of drug-likeness (QED) is 0.385. The molecule has 0 saturated carbocycles. The number of rotatable bonds is 5. The molecule has 3 aromatic rings. The number of aromatic nitrogens is 1. The molecular weight excluding hydrogens is 502 g/mol. The average molecular weight is 544 g/mol. The number of anilines is 1. The van der Waals surface area contributed by atoms with E-state index >= 15 is 0 Å².